The number of aromatic amines is 1. The summed E-state index contributed by atoms with van der Waals surface area (Å²) in [6, 6.07) is 4.56. The molecule has 130 valence electrons. The van der Waals surface area contributed by atoms with Gasteiger partial charge < -0.3 is 5.32 Å². The standard InChI is InChI=1S/C14H19N5O3S2/c1-3-4-12-17-14(19-18-12)23-8-13(20)16-10-6-5-9(2)11(7-10)24(15,21)22/h5-7H,3-4,8H2,1-2H3,(H,16,20)(H2,15,21,22)(H,17,18,19). The van der Waals surface area contributed by atoms with Crippen LogP contribution in [0.15, 0.2) is 28.3 Å². The van der Waals surface area contributed by atoms with Gasteiger partial charge in [-0.3, -0.25) is 9.89 Å². The van der Waals surface area contributed by atoms with E-state index >= 15 is 0 Å². The number of amides is 1. The number of nitrogens with two attached hydrogens (primary N) is 1. The summed E-state index contributed by atoms with van der Waals surface area (Å²) >= 11 is 1.20. The number of thioether (sulfide) groups is 1. The number of nitrogens with zero attached hydrogens (tertiary/aromatic N) is 2. The zero-order valence-corrected chi connectivity index (χ0v) is 15.0. The third kappa shape index (κ3) is 5.05. The van der Waals surface area contributed by atoms with E-state index in [2.05, 4.69) is 20.5 Å². The second-order valence-electron chi connectivity index (χ2n) is 5.18. The molecule has 10 heteroatoms. The zero-order valence-electron chi connectivity index (χ0n) is 13.4. The molecule has 0 fully saturated rings. The molecular formula is C14H19N5O3S2. The van der Waals surface area contributed by atoms with Crippen molar-refractivity contribution in [2.24, 2.45) is 5.14 Å². The van der Waals surface area contributed by atoms with Crippen LogP contribution in [0.5, 0.6) is 0 Å². The lowest BCUT2D eigenvalue weighted by Crippen LogP contribution is -2.17. The van der Waals surface area contributed by atoms with E-state index in [0.717, 1.165) is 18.7 Å². The van der Waals surface area contributed by atoms with Crippen molar-refractivity contribution in [2.75, 3.05) is 11.1 Å². The lowest BCUT2D eigenvalue weighted by atomic mass is 10.2. The summed E-state index contributed by atoms with van der Waals surface area (Å²) in [5.74, 6) is 0.616. The minimum absolute atomic E-state index is 0.00821. The summed E-state index contributed by atoms with van der Waals surface area (Å²) in [5.41, 5.74) is 0.894. The van der Waals surface area contributed by atoms with Crippen LogP contribution < -0.4 is 10.5 Å². The molecule has 0 unspecified atom stereocenters. The molecule has 0 aliphatic carbocycles. The smallest absolute Gasteiger partial charge is 0.238 e. The van der Waals surface area contributed by atoms with E-state index in [1.54, 1.807) is 19.1 Å². The van der Waals surface area contributed by atoms with Crippen LogP contribution in [0.25, 0.3) is 0 Å². The molecule has 0 saturated heterocycles. The first-order chi connectivity index (χ1) is 11.3. The topological polar surface area (TPSA) is 131 Å². The summed E-state index contributed by atoms with van der Waals surface area (Å²) in [5, 5.41) is 15.1. The molecule has 0 atom stereocenters. The van der Waals surface area contributed by atoms with E-state index in [1.807, 2.05) is 6.92 Å². The van der Waals surface area contributed by atoms with Crippen molar-refractivity contribution in [2.45, 2.75) is 36.7 Å². The van der Waals surface area contributed by atoms with Gasteiger partial charge in [-0.25, -0.2) is 18.5 Å². The van der Waals surface area contributed by atoms with Crippen molar-refractivity contribution in [1.29, 1.82) is 0 Å². The molecule has 0 bridgehead atoms. The van der Waals surface area contributed by atoms with Gasteiger partial charge in [0.15, 0.2) is 0 Å². The Hall–Kier alpha value is -1.91. The lowest BCUT2D eigenvalue weighted by molar-refractivity contribution is -0.113. The molecule has 1 heterocycles. The van der Waals surface area contributed by atoms with E-state index in [-0.39, 0.29) is 16.6 Å². The minimum atomic E-state index is -3.83. The first-order valence-electron chi connectivity index (χ1n) is 7.27. The van der Waals surface area contributed by atoms with Crippen LogP contribution >= 0.6 is 11.8 Å². The molecule has 24 heavy (non-hydrogen) atoms. The number of hydrogen-bond acceptors (Lipinski definition) is 6. The number of carbonyl (C=O) groups is 1. The van der Waals surface area contributed by atoms with E-state index < -0.39 is 10.0 Å². The van der Waals surface area contributed by atoms with Gasteiger partial charge in [-0.05, 0) is 31.0 Å². The molecule has 0 radical (unpaired) electrons. The molecule has 2 aromatic rings. The van der Waals surface area contributed by atoms with E-state index in [1.165, 1.54) is 17.8 Å². The first kappa shape index (κ1) is 18.4. The quantitative estimate of drug-likeness (QED) is 0.633. The average molecular weight is 369 g/mol. The number of H-pyrrole nitrogens is 1. The van der Waals surface area contributed by atoms with Crippen molar-refractivity contribution in [1.82, 2.24) is 15.2 Å². The second-order valence-corrected chi connectivity index (χ2v) is 7.65. The number of aromatic nitrogens is 3. The van der Waals surface area contributed by atoms with Crippen LogP contribution in [0.4, 0.5) is 5.69 Å². The molecular weight excluding hydrogens is 350 g/mol. The molecule has 8 nitrogen and oxygen atoms in total. The maximum Gasteiger partial charge on any atom is 0.238 e. The Labute approximate surface area is 144 Å². The average Bonchev–Trinajstić information content (AvgIpc) is 2.94. The lowest BCUT2D eigenvalue weighted by Gasteiger charge is -2.08. The summed E-state index contributed by atoms with van der Waals surface area (Å²) in [6.07, 6.45) is 1.76. The first-order valence-corrected chi connectivity index (χ1v) is 9.80. The van der Waals surface area contributed by atoms with Crippen molar-refractivity contribution in [3.63, 3.8) is 0 Å². The SMILES string of the molecule is CCCc1nc(SCC(=O)Nc2ccc(C)c(S(N)(=O)=O)c2)n[nH]1. The Morgan fingerprint density at radius 3 is 2.83 bits per heavy atom. The molecule has 2 rings (SSSR count). The number of benzene rings is 1. The highest BCUT2D eigenvalue weighted by Gasteiger charge is 2.13. The fourth-order valence-electron chi connectivity index (χ4n) is 2.00. The third-order valence-corrected chi connectivity index (χ3v) is 5.01. The highest BCUT2D eigenvalue weighted by atomic mass is 32.2. The van der Waals surface area contributed by atoms with Crippen molar-refractivity contribution in [3.8, 4) is 0 Å². The molecule has 0 aliphatic rings. The fraction of sp³-hybridized carbons (Fsp3) is 0.357. The van der Waals surface area contributed by atoms with Gasteiger partial charge in [0, 0.05) is 12.1 Å². The van der Waals surface area contributed by atoms with E-state index in [4.69, 9.17) is 5.14 Å². The van der Waals surface area contributed by atoms with E-state index in [9.17, 15) is 13.2 Å². The second kappa shape index (κ2) is 7.77. The minimum Gasteiger partial charge on any atom is -0.325 e. The third-order valence-electron chi connectivity index (χ3n) is 3.11. The number of carbonyl (C=O) groups excluding carboxylic acids is 1. The predicted molar refractivity (Wildman–Crippen MR) is 92.3 cm³/mol. The van der Waals surface area contributed by atoms with Crippen LogP contribution in [0.2, 0.25) is 0 Å². The van der Waals surface area contributed by atoms with Gasteiger partial charge in [0.1, 0.15) is 5.82 Å². The summed E-state index contributed by atoms with van der Waals surface area (Å²) in [7, 11) is -3.83. The Bertz CT molecular complexity index is 833. The van der Waals surface area contributed by atoms with Gasteiger partial charge in [0.05, 0.1) is 10.6 Å². The van der Waals surface area contributed by atoms with Gasteiger partial charge in [-0.15, -0.1) is 5.10 Å². The number of rotatable bonds is 7. The normalized spacial score (nSPS) is 11.5. The molecule has 0 saturated carbocycles. The van der Waals surface area contributed by atoms with Gasteiger partial charge in [0.25, 0.3) is 0 Å². The number of aryl methyl sites for hydroxylation is 2. The van der Waals surface area contributed by atoms with Gasteiger partial charge in [0.2, 0.25) is 21.1 Å². The molecule has 1 aromatic carbocycles. The molecule has 4 N–H and O–H groups in total. The van der Waals surface area contributed by atoms with Gasteiger partial charge in [-0.2, -0.15) is 0 Å². The summed E-state index contributed by atoms with van der Waals surface area (Å²) < 4.78 is 23.0. The zero-order chi connectivity index (χ0) is 17.7. The number of primary sulfonamides is 1. The van der Waals surface area contributed by atoms with Crippen LogP contribution in [-0.4, -0.2) is 35.3 Å². The van der Waals surface area contributed by atoms with Gasteiger partial charge >= 0.3 is 0 Å². The monoisotopic (exact) mass is 369 g/mol. The Balaban J connectivity index is 1.97. The summed E-state index contributed by atoms with van der Waals surface area (Å²) in [6.45, 7) is 3.68. The van der Waals surface area contributed by atoms with Crippen molar-refractivity contribution >= 4 is 33.4 Å². The molecule has 0 spiro atoms. The fourth-order valence-corrected chi connectivity index (χ4v) is 3.43. The predicted octanol–water partition coefficient (Wildman–Crippen LogP) is 1.44. The Morgan fingerprint density at radius 2 is 2.17 bits per heavy atom. The number of anilines is 1. The molecule has 0 aliphatic heterocycles. The van der Waals surface area contributed by atoms with Crippen molar-refractivity contribution < 1.29 is 13.2 Å². The number of hydrogen-bond donors (Lipinski definition) is 3. The molecule has 1 aromatic heterocycles. The van der Waals surface area contributed by atoms with Crippen molar-refractivity contribution in [3.05, 3.63) is 29.6 Å². The van der Waals surface area contributed by atoms with Crippen LogP contribution in [0.3, 0.4) is 0 Å². The van der Waals surface area contributed by atoms with Gasteiger partial charge in [-0.1, -0.05) is 24.8 Å². The number of nitrogens with one attached hydrogen (secondary N) is 2. The highest BCUT2D eigenvalue weighted by molar-refractivity contribution is 7.99. The number of sulfonamides is 1. The maximum atomic E-state index is 12.0. The Kier molecular flexibility index (Phi) is 5.97. The van der Waals surface area contributed by atoms with Crippen LogP contribution in [0, 0.1) is 6.92 Å². The van der Waals surface area contributed by atoms with Crippen LogP contribution in [0.1, 0.15) is 24.7 Å². The van der Waals surface area contributed by atoms with E-state index in [0.29, 0.717) is 16.4 Å². The largest absolute Gasteiger partial charge is 0.325 e. The summed E-state index contributed by atoms with van der Waals surface area (Å²) in [4.78, 5) is 16.2. The maximum absolute atomic E-state index is 12.0. The van der Waals surface area contributed by atoms with Crippen LogP contribution in [-0.2, 0) is 21.2 Å². The Morgan fingerprint density at radius 1 is 1.42 bits per heavy atom. The highest BCUT2D eigenvalue weighted by Crippen LogP contribution is 2.20. The molecule has 1 amide bonds.